The van der Waals surface area contributed by atoms with Crippen molar-refractivity contribution in [1.29, 1.82) is 0 Å². The van der Waals surface area contributed by atoms with Gasteiger partial charge in [-0.25, -0.2) is 13.6 Å². The Labute approximate surface area is 195 Å². The molecule has 0 radical (unpaired) electrons. The normalized spacial score (nSPS) is 18.9. The van der Waals surface area contributed by atoms with Crippen molar-refractivity contribution in [3.8, 4) is 0 Å². The van der Waals surface area contributed by atoms with E-state index in [4.69, 9.17) is 5.14 Å². The first-order valence-corrected chi connectivity index (χ1v) is 12.7. The number of carbonyl (C=O) groups is 2. The number of nitrogens with two attached hydrogens (primary N) is 1. The Bertz CT molecular complexity index is 1170. The second-order valence-corrected chi connectivity index (χ2v) is 10.5. The number of hydrogen-bond acceptors (Lipinski definition) is 5. The van der Waals surface area contributed by atoms with Crippen LogP contribution >= 0.6 is 0 Å². The quantitative estimate of drug-likeness (QED) is 0.710. The maximum absolute atomic E-state index is 13.1. The van der Waals surface area contributed by atoms with E-state index in [-0.39, 0.29) is 29.3 Å². The van der Waals surface area contributed by atoms with Gasteiger partial charge in [-0.15, -0.1) is 0 Å². The van der Waals surface area contributed by atoms with E-state index in [1.54, 1.807) is 17.0 Å². The Morgan fingerprint density at radius 1 is 1.03 bits per heavy atom. The zero-order valence-electron chi connectivity index (χ0n) is 19.0. The van der Waals surface area contributed by atoms with Crippen LogP contribution in [-0.2, 0) is 32.5 Å². The first-order chi connectivity index (χ1) is 15.6. The van der Waals surface area contributed by atoms with Crippen LogP contribution in [0.1, 0.15) is 23.6 Å². The number of piperazine rings is 1. The Kier molecular flexibility index (Phi) is 6.56. The maximum Gasteiger partial charge on any atom is 0.241 e. The lowest BCUT2D eigenvalue weighted by atomic mass is 10.1. The molecular formula is C24H30N4O4S. The third kappa shape index (κ3) is 5.10. The van der Waals surface area contributed by atoms with Gasteiger partial charge < -0.3 is 9.80 Å². The molecule has 2 heterocycles. The van der Waals surface area contributed by atoms with Gasteiger partial charge in [0.1, 0.15) is 0 Å². The summed E-state index contributed by atoms with van der Waals surface area (Å²) >= 11 is 0. The van der Waals surface area contributed by atoms with Gasteiger partial charge in [-0.05, 0) is 55.2 Å². The number of anilines is 1. The fraction of sp³-hybridized carbons (Fsp3) is 0.417. The van der Waals surface area contributed by atoms with E-state index in [2.05, 4.69) is 4.90 Å². The largest absolute Gasteiger partial charge is 0.340 e. The monoisotopic (exact) mass is 470 g/mol. The molecule has 2 amide bonds. The van der Waals surface area contributed by atoms with E-state index in [1.807, 2.05) is 43.0 Å². The van der Waals surface area contributed by atoms with Crippen molar-refractivity contribution in [3.63, 3.8) is 0 Å². The van der Waals surface area contributed by atoms with E-state index >= 15 is 0 Å². The highest BCUT2D eigenvalue weighted by Gasteiger charge is 2.33. The molecule has 1 atom stereocenters. The van der Waals surface area contributed by atoms with Crippen molar-refractivity contribution in [2.45, 2.75) is 37.6 Å². The van der Waals surface area contributed by atoms with E-state index in [0.29, 0.717) is 39.0 Å². The minimum Gasteiger partial charge on any atom is -0.340 e. The molecule has 0 spiro atoms. The fourth-order valence-corrected chi connectivity index (χ4v) is 5.23. The van der Waals surface area contributed by atoms with Crippen LogP contribution in [0, 0.1) is 6.92 Å². The van der Waals surface area contributed by atoms with Gasteiger partial charge >= 0.3 is 0 Å². The van der Waals surface area contributed by atoms with Gasteiger partial charge in [-0.3, -0.25) is 14.5 Å². The van der Waals surface area contributed by atoms with E-state index in [9.17, 15) is 18.0 Å². The Balaban J connectivity index is 1.34. The number of benzene rings is 2. The molecule has 2 aliphatic rings. The van der Waals surface area contributed by atoms with Crippen molar-refractivity contribution in [3.05, 3.63) is 59.2 Å². The summed E-state index contributed by atoms with van der Waals surface area (Å²) in [5.41, 5.74) is 3.72. The molecule has 8 nitrogen and oxygen atoms in total. The summed E-state index contributed by atoms with van der Waals surface area (Å²) < 4.78 is 23.3. The minimum absolute atomic E-state index is 0.0238. The lowest BCUT2D eigenvalue weighted by molar-refractivity contribution is -0.132. The third-order valence-corrected chi connectivity index (χ3v) is 7.46. The SMILES string of the molecule is Cc1ccccc1CC(=O)N1CCN(CC(=O)N2c3ccc(S(N)(=O)=O)cc3CC2C)CC1. The zero-order valence-corrected chi connectivity index (χ0v) is 19.8. The number of hydrogen-bond donors (Lipinski definition) is 1. The highest BCUT2D eigenvalue weighted by Crippen LogP contribution is 2.33. The summed E-state index contributed by atoms with van der Waals surface area (Å²) in [6.45, 7) is 6.72. The molecule has 4 rings (SSSR count). The molecule has 0 aromatic heterocycles. The van der Waals surface area contributed by atoms with Crippen LogP contribution < -0.4 is 10.0 Å². The fourth-order valence-electron chi connectivity index (χ4n) is 4.67. The molecule has 0 saturated carbocycles. The standard InChI is InChI=1S/C24H30N4O4S/c1-17-5-3-4-6-19(17)15-23(29)27-11-9-26(10-12-27)16-24(30)28-18(2)13-20-14-21(33(25,31)32)7-8-22(20)28/h3-8,14,18H,9-13,15-16H2,1-2H3,(H2,25,31,32). The number of carbonyl (C=O) groups excluding carboxylic acids is 2. The van der Waals surface area contributed by atoms with Crippen molar-refractivity contribution >= 4 is 27.5 Å². The third-order valence-electron chi connectivity index (χ3n) is 6.55. The predicted octanol–water partition coefficient (Wildman–Crippen LogP) is 1.31. The first-order valence-electron chi connectivity index (χ1n) is 11.2. The van der Waals surface area contributed by atoms with Crippen molar-refractivity contribution in [1.82, 2.24) is 9.80 Å². The number of aryl methyl sites for hydroxylation is 1. The summed E-state index contributed by atoms with van der Waals surface area (Å²) in [5, 5.41) is 5.24. The summed E-state index contributed by atoms with van der Waals surface area (Å²) in [6.07, 6.45) is 0.986. The van der Waals surface area contributed by atoms with Crippen molar-refractivity contribution < 1.29 is 18.0 Å². The van der Waals surface area contributed by atoms with Crippen LogP contribution in [-0.4, -0.2) is 68.8 Å². The highest BCUT2D eigenvalue weighted by atomic mass is 32.2. The molecule has 33 heavy (non-hydrogen) atoms. The van der Waals surface area contributed by atoms with E-state index in [0.717, 1.165) is 22.4 Å². The van der Waals surface area contributed by atoms with Crippen molar-refractivity contribution in [2.24, 2.45) is 5.14 Å². The zero-order chi connectivity index (χ0) is 23.8. The molecule has 1 saturated heterocycles. The van der Waals surface area contributed by atoms with Gasteiger partial charge in [0.25, 0.3) is 0 Å². The predicted molar refractivity (Wildman–Crippen MR) is 126 cm³/mol. The number of amides is 2. The van der Waals surface area contributed by atoms with E-state index < -0.39 is 10.0 Å². The lowest BCUT2D eigenvalue weighted by Gasteiger charge is -2.35. The molecule has 0 bridgehead atoms. The molecule has 0 aliphatic carbocycles. The van der Waals surface area contributed by atoms with Gasteiger partial charge in [0.2, 0.25) is 21.8 Å². The summed E-state index contributed by atoms with van der Waals surface area (Å²) in [7, 11) is -3.78. The highest BCUT2D eigenvalue weighted by molar-refractivity contribution is 7.89. The molecule has 9 heteroatoms. The van der Waals surface area contributed by atoms with Crippen molar-refractivity contribution in [2.75, 3.05) is 37.6 Å². The number of sulfonamides is 1. The second kappa shape index (κ2) is 9.24. The van der Waals surface area contributed by atoms with Gasteiger partial charge in [-0.1, -0.05) is 24.3 Å². The Morgan fingerprint density at radius 2 is 1.73 bits per heavy atom. The average Bonchev–Trinajstić information content (AvgIpc) is 3.10. The first kappa shape index (κ1) is 23.4. The maximum atomic E-state index is 13.1. The molecule has 176 valence electrons. The van der Waals surface area contributed by atoms with Gasteiger partial charge in [-0.2, -0.15) is 0 Å². The van der Waals surface area contributed by atoms with Crippen LogP contribution in [0.3, 0.4) is 0 Å². The van der Waals surface area contributed by atoms with Gasteiger partial charge in [0.15, 0.2) is 0 Å². The topological polar surface area (TPSA) is 104 Å². The number of fused-ring (bicyclic) bond motifs is 1. The number of primary sulfonamides is 1. The van der Waals surface area contributed by atoms with Crippen LogP contribution in [0.15, 0.2) is 47.4 Å². The molecule has 2 N–H and O–H groups in total. The summed E-state index contributed by atoms with van der Waals surface area (Å²) in [6, 6.07) is 12.5. The summed E-state index contributed by atoms with van der Waals surface area (Å²) in [5.74, 6) is 0.0901. The molecule has 1 unspecified atom stereocenters. The van der Waals surface area contributed by atoms with Gasteiger partial charge in [0.05, 0.1) is 17.9 Å². The van der Waals surface area contributed by atoms with Crippen LogP contribution in [0.2, 0.25) is 0 Å². The molecular weight excluding hydrogens is 440 g/mol. The molecule has 2 aromatic carbocycles. The van der Waals surface area contributed by atoms with Crippen LogP contribution in [0.5, 0.6) is 0 Å². The Morgan fingerprint density at radius 3 is 2.39 bits per heavy atom. The van der Waals surface area contributed by atoms with Gasteiger partial charge in [0, 0.05) is 37.9 Å². The number of rotatable bonds is 5. The molecule has 2 aliphatic heterocycles. The smallest absolute Gasteiger partial charge is 0.241 e. The minimum atomic E-state index is -3.78. The summed E-state index contributed by atoms with van der Waals surface area (Å²) in [4.78, 5) is 31.6. The van der Waals surface area contributed by atoms with Crippen LogP contribution in [0.4, 0.5) is 5.69 Å². The molecule has 1 fully saturated rings. The van der Waals surface area contributed by atoms with Crippen LogP contribution in [0.25, 0.3) is 0 Å². The Hall–Kier alpha value is -2.75. The number of nitrogens with zero attached hydrogens (tertiary/aromatic N) is 3. The lowest BCUT2D eigenvalue weighted by Crippen LogP contribution is -2.52. The second-order valence-electron chi connectivity index (χ2n) is 8.91. The average molecular weight is 471 g/mol. The van der Waals surface area contributed by atoms with E-state index in [1.165, 1.54) is 6.07 Å². The molecule has 2 aromatic rings.